The Balaban J connectivity index is 1.98. The van der Waals surface area contributed by atoms with E-state index < -0.39 is 47.0 Å². The standard InChI is InChI=1S/C30H29F5N2O4/c1-18-11-25(27(38)41-3)37(17-18)28(39)36-29(16-19-7-5-4-6-8-19,20-9-10-24(32)26(15-20)40-2)21-12-22(30(33,34)35)14-23(31)13-21/h4-10,12-15,18,25H,11,16-17H2,1-3H3,(H,36,39)/t18-,25+,29-/m1/s1. The molecule has 1 aliphatic rings. The molecule has 4 rings (SSSR count). The molecule has 3 atom stereocenters. The fraction of sp³-hybridized carbons (Fsp3) is 0.333. The van der Waals surface area contributed by atoms with Crippen molar-refractivity contribution in [2.45, 2.75) is 37.5 Å². The van der Waals surface area contributed by atoms with Gasteiger partial charge in [0.1, 0.15) is 11.9 Å². The lowest BCUT2D eigenvalue weighted by atomic mass is 9.77. The van der Waals surface area contributed by atoms with Gasteiger partial charge in [0, 0.05) is 13.0 Å². The highest BCUT2D eigenvalue weighted by Crippen LogP contribution is 2.40. The number of amides is 2. The maximum absolute atomic E-state index is 14.9. The van der Waals surface area contributed by atoms with Crippen LogP contribution >= 0.6 is 0 Å². The number of likely N-dealkylation sites (tertiary alicyclic amines) is 1. The van der Waals surface area contributed by atoms with Gasteiger partial charge in [-0.2, -0.15) is 13.2 Å². The van der Waals surface area contributed by atoms with E-state index >= 15 is 0 Å². The Hall–Kier alpha value is -4.15. The molecule has 1 fully saturated rings. The summed E-state index contributed by atoms with van der Waals surface area (Å²) in [5, 5.41) is 2.83. The van der Waals surface area contributed by atoms with Crippen LogP contribution in [0.1, 0.15) is 35.6 Å². The summed E-state index contributed by atoms with van der Waals surface area (Å²) in [6.45, 7) is 2.00. The molecule has 2 amide bonds. The lowest BCUT2D eigenvalue weighted by Crippen LogP contribution is -2.55. The molecule has 218 valence electrons. The predicted molar refractivity (Wildman–Crippen MR) is 140 cm³/mol. The molecular weight excluding hydrogens is 547 g/mol. The van der Waals surface area contributed by atoms with Gasteiger partial charge in [-0.3, -0.25) is 0 Å². The molecule has 0 aliphatic carbocycles. The normalized spacial score (nSPS) is 18.5. The number of benzene rings is 3. The Morgan fingerprint density at radius 2 is 1.63 bits per heavy atom. The number of hydrogen-bond donors (Lipinski definition) is 1. The van der Waals surface area contributed by atoms with Gasteiger partial charge in [-0.1, -0.05) is 43.3 Å². The van der Waals surface area contributed by atoms with Crippen LogP contribution in [-0.2, 0) is 27.7 Å². The van der Waals surface area contributed by atoms with Crippen molar-refractivity contribution >= 4 is 12.0 Å². The molecule has 1 N–H and O–H groups in total. The van der Waals surface area contributed by atoms with Gasteiger partial charge in [-0.25, -0.2) is 18.4 Å². The molecule has 3 aromatic carbocycles. The van der Waals surface area contributed by atoms with Crippen LogP contribution in [0, 0.1) is 17.6 Å². The lowest BCUT2D eigenvalue weighted by molar-refractivity contribution is -0.145. The summed E-state index contributed by atoms with van der Waals surface area (Å²) < 4.78 is 81.1. The van der Waals surface area contributed by atoms with Crippen molar-refractivity contribution in [2.75, 3.05) is 20.8 Å². The van der Waals surface area contributed by atoms with E-state index in [0.717, 1.165) is 18.2 Å². The summed E-state index contributed by atoms with van der Waals surface area (Å²) in [4.78, 5) is 27.7. The third-order valence-electron chi connectivity index (χ3n) is 7.24. The van der Waals surface area contributed by atoms with E-state index in [1.807, 2.05) is 6.92 Å². The van der Waals surface area contributed by atoms with Crippen LogP contribution in [0.25, 0.3) is 0 Å². The van der Waals surface area contributed by atoms with Crippen molar-refractivity contribution in [2.24, 2.45) is 5.92 Å². The zero-order valence-electron chi connectivity index (χ0n) is 22.6. The Morgan fingerprint density at radius 1 is 0.951 bits per heavy atom. The monoisotopic (exact) mass is 576 g/mol. The van der Waals surface area contributed by atoms with Crippen LogP contribution in [-0.4, -0.2) is 43.7 Å². The number of halogens is 5. The number of carbonyl (C=O) groups excluding carboxylic acids is 2. The summed E-state index contributed by atoms with van der Waals surface area (Å²) in [6.07, 6.45) is -4.74. The largest absolute Gasteiger partial charge is 0.494 e. The minimum Gasteiger partial charge on any atom is -0.494 e. The van der Waals surface area contributed by atoms with Crippen LogP contribution in [0.4, 0.5) is 26.7 Å². The maximum Gasteiger partial charge on any atom is 0.416 e. The topological polar surface area (TPSA) is 67.9 Å². The van der Waals surface area contributed by atoms with E-state index in [1.54, 1.807) is 30.3 Å². The van der Waals surface area contributed by atoms with Gasteiger partial charge < -0.3 is 19.7 Å². The SMILES string of the molecule is COC(=O)[C@@H]1C[C@@H](C)CN1C(=O)N[C@@](Cc1ccccc1)(c1cc(F)cc(C(F)(F)F)c1)c1ccc(F)c(OC)c1. The van der Waals surface area contributed by atoms with Gasteiger partial charge >= 0.3 is 18.2 Å². The van der Waals surface area contributed by atoms with Gasteiger partial charge in [0.15, 0.2) is 11.6 Å². The second kappa shape index (κ2) is 11.8. The molecule has 1 saturated heterocycles. The average Bonchev–Trinajstić information content (AvgIpc) is 3.34. The van der Waals surface area contributed by atoms with Crippen LogP contribution in [0.5, 0.6) is 5.75 Å². The number of ether oxygens (including phenoxy) is 2. The summed E-state index contributed by atoms with van der Waals surface area (Å²) in [5.41, 5.74) is -2.66. The van der Waals surface area contributed by atoms with Gasteiger partial charge in [0.2, 0.25) is 0 Å². The van der Waals surface area contributed by atoms with Crippen molar-refractivity contribution in [1.82, 2.24) is 10.2 Å². The van der Waals surface area contributed by atoms with Crippen molar-refractivity contribution in [3.8, 4) is 5.75 Å². The smallest absolute Gasteiger partial charge is 0.416 e. The third-order valence-corrected chi connectivity index (χ3v) is 7.24. The number of urea groups is 1. The van der Waals surface area contributed by atoms with Gasteiger partial charge in [0.05, 0.1) is 25.3 Å². The van der Waals surface area contributed by atoms with E-state index in [0.29, 0.717) is 18.1 Å². The number of carbonyl (C=O) groups is 2. The van der Waals surface area contributed by atoms with Gasteiger partial charge in [-0.15, -0.1) is 0 Å². The Morgan fingerprint density at radius 3 is 2.27 bits per heavy atom. The lowest BCUT2D eigenvalue weighted by Gasteiger charge is -2.39. The summed E-state index contributed by atoms with van der Waals surface area (Å²) in [5.74, 6) is -2.88. The molecule has 11 heteroatoms. The number of esters is 1. The zero-order valence-corrected chi connectivity index (χ0v) is 22.6. The molecule has 1 heterocycles. The molecular formula is C30H29F5N2O4. The quantitative estimate of drug-likeness (QED) is 0.274. The van der Waals surface area contributed by atoms with Crippen molar-refractivity contribution < 1.29 is 41.0 Å². The Labute approximate surface area is 234 Å². The first-order valence-corrected chi connectivity index (χ1v) is 12.8. The minimum absolute atomic E-state index is 0.0784. The molecule has 6 nitrogen and oxygen atoms in total. The average molecular weight is 577 g/mol. The number of nitrogens with one attached hydrogen (secondary N) is 1. The first kappa shape index (κ1) is 29.8. The third kappa shape index (κ3) is 6.28. The number of methoxy groups -OCH3 is 2. The second-order valence-electron chi connectivity index (χ2n) is 10.1. The molecule has 3 aromatic rings. The number of nitrogens with zero attached hydrogens (tertiary/aromatic N) is 1. The van der Waals surface area contributed by atoms with E-state index in [9.17, 15) is 31.5 Å². The maximum atomic E-state index is 14.9. The highest BCUT2D eigenvalue weighted by Gasteiger charge is 2.44. The van der Waals surface area contributed by atoms with Gasteiger partial charge in [0.25, 0.3) is 0 Å². The van der Waals surface area contributed by atoms with Crippen LogP contribution in [0.15, 0.2) is 66.7 Å². The van der Waals surface area contributed by atoms with Gasteiger partial charge in [-0.05, 0) is 59.4 Å². The van der Waals surface area contributed by atoms with E-state index in [4.69, 9.17) is 9.47 Å². The van der Waals surface area contributed by atoms with E-state index in [1.165, 1.54) is 31.3 Å². The molecule has 0 aromatic heterocycles. The summed E-state index contributed by atoms with van der Waals surface area (Å²) in [6, 6.07) is 12.4. The molecule has 0 radical (unpaired) electrons. The van der Waals surface area contributed by atoms with Crippen molar-refractivity contribution in [1.29, 1.82) is 0 Å². The molecule has 41 heavy (non-hydrogen) atoms. The molecule has 0 unspecified atom stereocenters. The van der Waals surface area contributed by atoms with Crippen LogP contribution in [0.3, 0.4) is 0 Å². The fourth-order valence-corrected chi connectivity index (χ4v) is 5.27. The minimum atomic E-state index is -4.90. The first-order valence-electron chi connectivity index (χ1n) is 12.8. The summed E-state index contributed by atoms with van der Waals surface area (Å²) >= 11 is 0. The summed E-state index contributed by atoms with van der Waals surface area (Å²) in [7, 11) is 2.41. The Kier molecular flexibility index (Phi) is 8.55. The molecule has 1 aliphatic heterocycles. The van der Waals surface area contributed by atoms with Crippen LogP contribution in [0.2, 0.25) is 0 Å². The number of rotatable bonds is 7. The molecule has 0 bridgehead atoms. The van der Waals surface area contributed by atoms with Crippen molar-refractivity contribution in [3.05, 3.63) is 101 Å². The highest BCUT2D eigenvalue weighted by atomic mass is 19.4. The van der Waals surface area contributed by atoms with E-state index in [2.05, 4.69) is 5.32 Å². The fourth-order valence-electron chi connectivity index (χ4n) is 5.27. The first-order chi connectivity index (χ1) is 19.4. The molecule has 0 spiro atoms. The van der Waals surface area contributed by atoms with E-state index in [-0.39, 0.29) is 35.8 Å². The van der Waals surface area contributed by atoms with Crippen LogP contribution < -0.4 is 10.1 Å². The zero-order chi connectivity index (χ0) is 29.9. The predicted octanol–water partition coefficient (Wildman–Crippen LogP) is 6.07. The molecule has 0 saturated carbocycles. The number of hydrogen-bond acceptors (Lipinski definition) is 4. The van der Waals surface area contributed by atoms with Crippen molar-refractivity contribution in [3.63, 3.8) is 0 Å². The Bertz CT molecular complexity index is 1420. The second-order valence-corrected chi connectivity index (χ2v) is 10.1. The highest BCUT2D eigenvalue weighted by molar-refractivity contribution is 5.85. The number of alkyl halides is 3.